The van der Waals surface area contributed by atoms with Crippen LogP contribution in [-0.2, 0) is 0 Å². The third kappa shape index (κ3) is 4.26. The molecular weight excluding hydrogens is 370 g/mol. The molecule has 0 aliphatic heterocycles. The van der Waals surface area contributed by atoms with Crippen LogP contribution in [0.3, 0.4) is 0 Å². The van der Waals surface area contributed by atoms with Crippen molar-refractivity contribution in [1.29, 1.82) is 0 Å². The third-order valence-electron chi connectivity index (χ3n) is 4.37. The van der Waals surface area contributed by atoms with E-state index in [1.54, 1.807) is 24.3 Å². The van der Waals surface area contributed by atoms with Crippen molar-refractivity contribution >= 4 is 33.0 Å². The summed E-state index contributed by atoms with van der Waals surface area (Å²) in [4.78, 5) is 10.4. The molecule has 1 fully saturated rings. The van der Waals surface area contributed by atoms with Crippen LogP contribution < -0.4 is 10.6 Å². The van der Waals surface area contributed by atoms with Crippen molar-refractivity contribution in [2.75, 3.05) is 10.6 Å². The van der Waals surface area contributed by atoms with Gasteiger partial charge in [0.05, 0.1) is 4.92 Å². The summed E-state index contributed by atoms with van der Waals surface area (Å²) in [5.74, 6) is 0. The van der Waals surface area contributed by atoms with Gasteiger partial charge in [0.25, 0.3) is 5.69 Å². The molecule has 0 unspecified atom stereocenters. The number of nitro benzene ring substituents is 1. The number of nitrogens with zero attached hydrogens (tertiary/aromatic N) is 1. The van der Waals surface area contributed by atoms with Crippen LogP contribution in [-0.4, -0.2) is 17.0 Å². The molecule has 0 heterocycles. The average Bonchev–Trinajstić information content (AvgIpc) is 2.57. The SMILES string of the molecule is O=[N+]([O-])c1ccc(N[C@@H]2CCCC[C@H]2Nc2cccc(Br)c2)cc1. The molecule has 2 aromatic carbocycles. The summed E-state index contributed by atoms with van der Waals surface area (Å²) in [6.45, 7) is 0. The Kier molecular flexibility index (Phi) is 5.35. The minimum absolute atomic E-state index is 0.119. The fourth-order valence-corrected chi connectivity index (χ4v) is 3.56. The maximum atomic E-state index is 10.8. The smallest absolute Gasteiger partial charge is 0.269 e. The van der Waals surface area contributed by atoms with Crippen molar-refractivity contribution in [2.45, 2.75) is 37.8 Å². The molecule has 0 saturated heterocycles. The molecule has 1 aliphatic carbocycles. The van der Waals surface area contributed by atoms with Crippen molar-refractivity contribution in [3.63, 3.8) is 0 Å². The van der Waals surface area contributed by atoms with Gasteiger partial charge in [0.2, 0.25) is 0 Å². The lowest BCUT2D eigenvalue weighted by Gasteiger charge is -2.34. The normalized spacial score (nSPS) is 20.4. The molecule has 2 aromatic rings. The summed E-state index contributed by atoms with van der Waals surface area (Å²) < 4.78 is 1.06. The van der Waals surface area contributed by atoms with Crippen molar-refractivity contribution in [2.24, 2.45) is 0 Å². The summed E-state index contributed by atoms with van der Waals surface area (Å²) in [6, 6.07) is 15.5. The Hall–Kier alpha value is -2.08. The number of non-ortho nitro benzene ring substituents is 1. The molecule has 1 aliphatic rings. The van der Waals surface area contributed by atoms with Crippen LogP contribution in [0, 0.1) is 10.1 Å². The highest BCUT2D eigenvalue weighted by atomic mass is 79.9. The number of hydrogen-bond acceptors (Lipinski definition) is 4. The standard InChI is InChI=1S/C18H20BrN3O2/c19-13-4-3-5-15(12-13)21-18-7-2-1-6-17(18)20-14-8-10-16(11-9-14)22(23)24/h3-5,8-12,17-18,20-21H,1-2,6-7H2/t17-,18-/m1/s1. The number of nitro groups is 1. The summed E-state index contributed by atoms with van der Waals surface area (Å²) in [5.41, 5.74) is 2.15. The van der Waals surface area contributed by atoms with Crippen LogP contribution >= 0.6 is 15.9 Å². The van der Waals surface area contributed by atoms with E-state index in [1.165, 1.54) is 12.8 Å². The van der Waals surface area contributed by atoms with E-state index in [0.29, 0.717) is 12.1 Å². The molecule has 2 N–H and O–H groups in total. The zero-order valence-corrected chi connectivity index (χ0v) is 14.8. The van der Waals surface area contributed by atoms with E-state index < -0.39 is 0 Å². The van der Waals surface area contributed by atoms with Crippen LogP contribution in [0.15, 0.2) is 53.0 Å². The largest absolute Gasteiger partial charge is 0.380 e. The van der Waals surface area contributed by atoms with Crippen molar-refractivity contribution in [1.82, 2.24) is 0 Å². The van der Waals surface area contributed by atoms with Gasteiger partial charge < -0.3 is 10.6 Å². The summed E-state index contributed by atoms with van der Waals surface area (Å²) in [7, 11) is 0. The number of benzene rings is 2. The van der Waals surface area contributed by atoms with E-state index in [4.69, 9.17) is 0 Å². The van der Waals surface area contributed by atoms with Gasteiger partial charge in [-0.05, 0) is 43.2 Å². The van der Waals surface area contributed by atoms with Gasteiger partial charge >= 0.3 is 0 Å². The first kappa shape index (κ1) is 16.8. The van der Waals surface area contributed by atoms with Crippen LogP contribution in [0.25, 0.3) is 0 Å². The molecule has 0 radical (unpaired) electrons. The maximum Gasteiger partial charge on any atom is 0.269 e. The minimum Gasteiger partial charge on any atom is -0.380 e. The molecule has 3 rings (SSSR count). The highest BCUT2D eigenvalue weighted by molar-refractivity contribution is 9.10. The zero-order chi connectivity index (χ0) is 16.9. The Morgan fingerprint density at radius 1 is 0.958 bits per heavy atom. The molecule has 126 valence electrons. The molecule has 0 aromatic heterocycles. The third-order valence-corrected chi connectivity index (χ3v) is 4.87. The monoisotopic (exact) mass is 389 g/mol. The van der Waals surface area contributed by atoms with E-state index >= 15 is 0 Å². The molecule has 0 spiro atoms. The first-order valence-electron chi connectivity index (χ1n) is 8.15. The predicted molar refractivity (Wildman–Crippen MR) is 101 cm³/mol. The summed E-state index contributed by atoms with van der Waals surface area (Å²) in [6.07, 6.45) is 4.60. The molecule has 5 nitrogen and oxygen atoms in total. The van der Waals surface area contributed by atoms with Gasteiger partial charge in [-0.15, -0.1) is 0 Å². The van der Waals surface area contributed by atoms with E-state index in [-0.39, 0.29) is 10.6 Å². The van der Waals surface area contributed by atoms with E-state index in [2.05, 4.69) is 38.7 Å². The Labute approximate surface area is 149 Å². The quantitative estimate of drug-likeness (QED) is 0.545. The molecule has 1 saturated carbocycles. The molecule has 2 atom stereocenters. The second-order valence-electron chi connectivity index (χ2n) is 6.10. The summed E-state index contributed by atoms with van der Waals surface area (Å²) >= 11 is 3.50. The van der Waals surface area contributed by atoms with Crippen molar-refractivity contribution in [3.05, 3.63) is 63.1 Å². The molecular formula is C18H20BrN3O2. The van der Waals surface area contributed by atoms with Gasteiger partial charge in [0, 0.05) is 40.1 Å². The predicted octanol–water partition coefficient (Wildman–Crippen LogP) is 5.19. The molecule has 0 bridgehead atoms. The van der Waals surface area contributed by atoms with Gasteiger partial charge in [-0.2, -0.15) is 0 Å². The molecule has 6 heteroatoms. The maximum absolute atomic E-state index is 10.8. The number of rotatable bonds is 5. The van der Waals surface area contributed by atoms with Crippen molar-refractivity contribution in [3.8, 4) is 0 Å². The highest BCUT2D eigenvalue weighted by Crippen LogP contribution is 2.27. The molecule has 24 heavy (non-hydrogen) atoms. The van der Waals surface area contributed by atoms with Crippen LogP contribution in [0.1, 0.15) is 25.7 Å². The lowest BCUT2D eigenvalue weighted by Crippen LogP contribution is -2.41. The van der Waals surface area contributed by atoms with Gasteiger partial charge in [-0.3, -0.25) is 10.1 Å². The average molecular weight is 390 g/mol. The lowest BCUT2D eigenvalue weighted by molar-refractivity contribution is -0.384. The number of anilines is 2. The number of halogens is 1. The molecule has 0 amide bonds. The fraction of sp³-hybridized carbons (Fsp3) is 0.333. The Morgan fingerprint density at radius 3 is 2.17 bits per heavy atom. The van der Waals surface area contributed by atoms with Gasteiger partial charge in [-0.25, -0.2) is 0 Å². The zero-order valence-electron chi connectivity index (χ0n) is 13.2. The second kappa shape index (κ2) is 7.66. The number of nitrogens with one attached hydrogen (secondary N) is 2. The first-order chi connectivity index (χ1) is 11.6. The Bertz CT molecular complexity index is 706. The Balaban J connectivity index is 1.69. The van der Waals surface area contributed by atoms with Gasteiger partial charge in [-0.1, -0.05) is 34.8 Å². The van der Waals surface area contributed by atoms with Crippen LogP contribution in [0.2, 0.25) is 0 Å². The van der Waals surface area contributed by atoms with Crippen LogP contribution in [0.4, 0.5) is 17.1 Å². The van der Waals surface area contributed by atoms with Crippen molar-refractivity contribution < 1.29 is 4.92 Å². The fourth-order valence-electron chi connectivity index (χ4n) is 3.16. The first-order valence-corrected chi connectivity index (χ1v) is 8.94. The number of hydrogen-bond donors (Lipinski definition) is 2. The van der Waals surface area contributed by atoms with Gasteiger partial charge in [0.15, 0.2) is 0 Å². The van der Waals surface area contributed by atoms with Gasteiger partial charge in [0.1, 0.15) is 0 Å². The Morgan fingerprint density at radius 2 is 1.58 bits per heavy atom. The highest BCUT2D eigenvalue weighted by Gasteiger charge is 2.25. The van der Waals surface area contributed by atoms with E-state index in [0.717, 1.165) is 28.7 Å². The van der Waals surface area contributed by atoms with E-state index in [1.807, 2.05) is 12.1 Å². The topological polar surface area (TPSA) is 67.2 Å². The van der Waals surface area contributed by atoms with E-state index in [9.17, 15) is 10.1 Å². The van der Waals surface area contributed by atoms with Crippen LogP contribution in [0.5, 0.6) is 0 Å². The minimum atomic E-state index is -0.373. The lowest BCUT2D eigenvalue weighted by atomic mass is 9.90. The second-order valence-corrected chi connectivity index (χ2v) is 7.02. The summed E-state index contributed by atoms with van der Waals surface area (Å²) in [5, 5.41) is 17.9.